The van der Waals surface area contributed by atoms with Crippen LogP contribution in [0.1, 0.15) is 6.92 Å². The summed E-state index contributed by atoms with van der Waals surface area (Å²) in [4.78, 5) is 0. The van der Waals surface area contributed by atoms with Gasteiger partial charge in [-0.05, 0) is 13.0 Å². The van der Waals surface area contributed by atoms with Crippen molar-refractivity contribution >= 4 is 0 Å². The lowest BCUT2D eigenvalue weighted by Crippen LogP contribution is -1.68. The summed E-state index contributed by atoms with van der Waals surface area (Å²) in [6, 6.07) is 0. The van der Waals surface area contributed by atoms with Crippen LogP contribution in [0.4, 0.5) is 0 Å². The van der Waals surface area contributed by atoms with E-state index in [-0.39, 0.29) is 0 Å². The van der Waals surface area contributed by atoms with Gasteiger partial charge in [0.1, 0.15) is 0 Å². The molecule has 0 aliphatic heterocycles. The Balaban J connectivity index is 0. The lowest BCUT2D eigenvalue weighted by Gasteiger charge is -1.75. The Bertz CT molecular complexity index is 53.1. The fourth-order valence-corrected chi connectivity index (χ4v) is 0. The highest BCUT2D eigenvalue weighted by molar-refractivity contribution is 4.71. The van der Waals surface area contributed by atoms with E-state index in [4.69, 9.17) is 10.2 Å². The summed E-state index contributed by atoms with van der Waals surface area (Å²) in [6.07, 6.45) is 1.19. The molecule has 0 bridgehead atoms. The average molecular weight is 102 g/mol. The molecule has 0 aromatic heterocycles. The van der Waals surface area contributed by atoms with E-state index in [0.717, 1.165) is 0 Å². The first kappa shape index (κ1) is 9.43. The zero-order chi connectivity index (χ0) is 6.28. The van der Waals surface area contributed by atoms with Crippen molar-refractivity contribution in [1.82, 2.24) is 0 Å². The molecule has 0 fully saturated rings. The van der Waals surface area contributed by atoms with E-state index in [2.05, 4.69) is 13.2 Å². The molecule has 0 aromatic carbocycles. The molecule has 0 unspecified atom stereocenters. The Morgan fingerprint density at radius 1 is 1.43 bits per heavy atom. The quantitative estimate of drug-likeness (QED) is 0.361. The van der Waals surface area contributed by atoms with E-state index in [9.17, 15) is 0 Å². The van der Waals surface area contributed by atoms with Crippen LogP contribution in [0, 0.1) is 0 Å². The monoisotopic (exact) mass is 102 g/mol. The second-order valence-corrected chi connectivity index (χ2v) is 0.647. The summed E-state index contributed by atoms with van der Waals surface area (Å²) in [7, 11) is 0. The molecule has 0 radical (unpaired) electrons. The summed E-state index contributed by atoms with van der Waals surface area (Å²) in [6.45, 7) is 7.54. The molecule has 0 aliphatic rings. The van der Waals surface area contributed by atoms with Crippen LogP contribution in [0.2, 0.25) is 0 Å². The summed E-state index contributed by atoms with van der Waals surface area (Å²) >= 11 is 0. The van der Waals surface area contributed by atoms with Crippen molar-refractivity contribution in [3.05, 3.63) is 25.2 Å². The zero-order valence-electron chi connectivity index (χ0n) is 4.39. The number of aliphatic hydroxyl groups excluding tert-OH is 1. The zero-order valence-corrected chi connectivity index (χ0v) is 4.39. The van der Waals surface area contributed by atoms with E-state index < -0.39 is 5.95 Å². The lowest BCUT2D eigenvalue weighted by atomic mass is 10.7. The number of allylic oxidation sites excluding steroid dienone is 1. The predicted molar refractivity (Wildman–Crippen MR) is 30.3 cm³/mol. The lowest BCUT2D eigenvalue weighted by molar-refractivity contribution is 0.190. The standard InChI is InChI=1S/C3H6O2.C2H4/c1-2-3(4)5;1-2/h2,4-5H,1H3;1-2H2. The Morgan fingerprint density at radius 3 is 1.57 bits per heavy atom. The molecular weight excluding hydrogens is 92.1 g/mol. The van der Waals surface area contributed by atoms with Crippen LogP contribution in [0.3, 0.4) is 0 Å². The topological polar surface area (TPSA) is 40.5 Å². The smallest absolute Gasteiger partial charge is 0.269 e. The van der Waals surface area contributed by atoms with Gasteiger partial charge in [-0.1, -0.05) is 0 Å². The minimum Gasteiger partial charge on any atom is -0.481 e. The number of hydrogen-bond acceptors (Lipinski definition) is 2. The molecule has 42 valence electrons. The van der Waals surface area contributed by atoms with Gasteiger partial charge in [0.2, 0.25) is 0 Å². The van der Waals surface area contributed by atoms with Crippen molar-refractivity contribution in [3.63, 3.8) is 0 Å². The van der Waals surface area contributed by atoms with Gasteiger partial charge in [-0.2, -0.15) is 0 Å². The number of hydrogen-bond donors (Lipinski definition) is 2. The van der Waals surface area contributed by atoms with Gasteiger partial charge >= 0.3 is 0 Å². The maximum Gasteiger partial charge on any atom is 0.269 e. The van der Waals surface area contributed by atoms with Crippen molar-refractivity contribution < 1.29 is 10.2 Å². The van der Waals surface area contributed by atoms with E-state index in [0.29, 0.717) is 0 Å². The van der Waals surface area contributed by atoms with Crippen molar-refractivity contribution in [2.24, 2.45) is 0 Å². The van der Waals surface area contributed by atoms with Gasteiger partial charge in [-0.25, -0.2) is 0 Å². The Hall–Kier alpha value is -0.920. The van der Waals surface area contributed by atoms with Crippen LogP contribution < -0.4 is 0 Å². The first-order valence-corrected chi connectivity index (χ1v) is 1.81. The van der Waals surface area contributed by atoms with Crippen LogP contribution in [0.5, 0.6) is 0 Å². The van der Waals surface area contributed by atoms with E-state index in [1.165, 1.54) is 13.0 Å². The third kappa shape index (κ3) is 41.3. The summed E-state index contributed by atoms with van der Waals surface area (Å²) in [5.74, 6) is -0.620. The summed E-state index contributed by atoms with van der Waals surface area (Å²) < 4.78 is 0. The maximum absolute atomic E-state index is 7.78. The first-order valence-electron chi connectivity index (χ1n) is 1.81. The third-order valence-electron chi connectivity index (χ3n) is 0.258. The van der Waals surface area contributed by atoms with Gasteiger partial charge in [-0.3, -0.25) is 0 Å². The van der Waals surface area contributed by atoms with Gasteiger partial charge in [0.05, 0.1) is 0 Å². The fourth-order valence-electron chi connectivity index (χ4n) is 0. The Kier molecular flexibility index (Phi) is 12.0. The Morgan fingerprint density at radius 2 is 1.57 bits per heavy atom. The molecule has 0 spiro atoms. The van der Waals surface area contributed by atoms with Gasteiger partial charge in [0.25, 0.3) is 5.95 Å². The summed E-state index contributed by atoms with van der Waals surface area (Å²) in [5.41, 5.74) is 0. The molecule has 0 aliphatic carbocycles. The second-order valence-electron chi connectivity index (χ2n) is 0.647. The molecule has 0 atom stereocenters. The Labute approximate surface area is 43.4 Å². The summed E-state index contributed by atoms with van der Waals surface area (Å²) in [5, 5.41) is 15.6. The van der Waals surface area contributed by atoms with Crippen LogP contribution in [0.15, 0.2) is 25.2 Å². The first-order chi connectivity index (χ1) is 3.27. The van der Waals surface area contributed by atoms with Crippen molar-refractivity contribution in [2.45, 2.75) is 6.92 Å². The molecule has 0 saturated carbocycles. The molecule has 0 heterocycles. The van der Waals surface area contributed by atoms with Gasteiger partial charge in [0, 0.05) is 0 Å². The van der Waals surface area contributed by atoms with E-state index >= 15 is 0 Å². The van der Waals surface area contributed by atoms with Crippen LogP contribution >= 0.6 is 0 Å². The minimum absolute atomic E-state index is 0.620. The van der Waals surface area contributed by atoms with Gasteiger partial charge in [-0.15, -0.1) is 13.2 Å². The van der Waals surface area contributed by atoms with Crippen LogP contribution in [0.25, 0.3) is 0 Å². The molecule has 2 N–H and O–H groups in total. The van der Waals surface area contributed by atoms with Crippen LogP contribution in [-0.4, -0.2) is 10.2 Å². The molecule has 0 rings (SSSR count). The van der Waals surface area contributed by atoms with Crippen LogP contribution in [-0.2, 0) is 0 Å². The molecule has 7 heavy (non-hydrogen) atoms. The molecule has 2 heteroatoms. The van der Waals surface area contributed by atoms with Crippen molar-refractivity contribution in [3.8, 4) is 0 Å². The van der Waals surface area contributed by atoms with E-state index in [1.54, 1.807) is 0 Å². The molecule has 2 nitrogen and oxygen atoms in total. The average Bonchev–Trinajstić information content (AvgIpc) is 1.73. The van der Waals surface area contributed by atoms with Gasteiger partial charge in [0.15, 0.2) is 0 Å². The number of rotatable bonds is 0. The maximum atomic E-state index is 7.78. The molecular formula is C5H10O2. The highest BCUT2D eigenvalue weighted by Crippen LogP contribution is 1.71. The van der Waals surface area contributed by atoms with Gasteiger partial charge < -0.3 is 10.2 Å². The largest absolute Gasteiger partial charge is 0.481 e. The molecule has 0 aromatic rings. The highest BCUT2D eigenvalue weighted by Gasteiger charge is 1.66. The normalized spacial score (nSPS) is 5.29. The second kappa shape index (κ2) is 8.91. The third-order valence-corrected chi connectivity index (χ3v) is 0.258. The van der Waals surface area contributed by atoms with Crippen molar-refractivity contribution in [2.75, 3.05) is 0 Å². The molecule has 0 saturated heterocycles. The number of aliphatic hydroxyl groups is 2. The minimum atomic E-state index is -0.620. The fraction of sp³-hybridized carbons (Fsp3) is 0.200. The highest BCUT2D eigenvalue weighted by atomic mass is 16.5. The van der Waals surface area contributed by atoms with E-state index in [1.807, 2.05) is 0 Å². The predicted octanol–water partition coefficient (Wildman–Crippen LogP) is 1.77. The molecule has 0 amide bonds. The van der Waals surface area contributed by atoms with Crippen molar-refractivity contribution in [1.29, 1.82) is 0 Å². The SMILES string of the molecule is C=C.CC=C(O)O.